The highest BCUT2D eigenvalue weighted by Crippen LogP contribution is 2.28. The molecule has 1 aromatic heterocycles. The first-order valence-corrected chi connectivity index (χ1v) is 8.31. The van der Waals surface area contributed by atoms with E-state index in [1.54, 1.807) is 54.6 Å². The van der Waals surface area contributed by atoms with Gasteiger partial charge >= 0.3 is 0 Å². The van der Waals surface area contributed by atoms with Crippen LogP contribution in [0.5, 0.6) is 11.6 Å². The number of ether oxygens (including phenoxy) is 1. The number of nitrogens with zero attached hydrogens (tertiary/aromatic N) is 2. The van der Waals surface area contributed by atoms with Crippen molar-refractivity contribution in [3.63, 3.8) is 0 Å². The Balaban J connectivity index is 1.52. The van der Waals surface area contributed by atoms with E-state index in [1.807, 2.05) is 0 Å². The van der Waals surface area contributed by atoms with Crippen LogP contribution in [0.25, 0.3) is 6.08 Å². The SMILES string of the molecule is O=C1C(=Cc2ccc(Oc3ccc([N+](=O)[O-])cn3)cc2)C(=O)c2ccccc21. The van der Waals surface area contributed by atoms with Crippen LogP contribution in [0.1, 0.15) is 26.3 Å². The fraction of sp³-hybridized carbons (Fsp3) is 0. The summed E-state index contributed by atoms with van der Waals surface area (Å²) >= 11 is 0. The smallest absolute Gasteiger partial charge is 0.287 e. The molecule has 0 spiro atoms. The number of nitro groups is 1. The number of carbonyl (C=O) groups is 2. The van der Waals surface area contributed by atoms with Gasteiger partial charge in [0.2, 0.25) is 5.88 Å². The van der Waals surface area contributed by atoms with Crippen LogP contribution in [0.3, 0.4) is 0 Å². The summed E-state index contributed by atoms with van der Waals surface area (Å²) in [4.78, 5) is 38.8. The second-order valence-electron chi connectivity index (χ2n) is 6.04. The standard InChI is InChI=1S/C21H12N2O5/c24-20-16-3-1-2-4-17(16)21(25)18(20)11-13-5-8-15(9-6-13)28-19-10-7-14(12-22-19)23(26)27/h1-12H. The van der Waals surface area contributed by atoms with Gasteiger partial charge in [0, 0.05) is 23.3 Å². The Morgan fingerprint density at radius 1 is 0.893 bits per heavy atom. The molecule has 1 aliphatic rings. The zero-order valence-corrected chi connectivity index (χ0v) is 14.4. The number of aromatic nitrogens is 1. The first-order chi connectivity index (χ1) is 13.5. The van der Waals surface area contributed by atoms with Crippen molar-refractivity contribution >= 4 is 23.3 Å². The van der Waals surface area contributed by atoms with Crippen molar-refractivity contribution in [3.8, 4) is 11.6 Å². The highest BCUT2D eigenvalue weighted by atomic mass is 16.6. The van der Waals surface area contributed by atoms with Crippen molar-refractivity contribution in [2.75, 3.05) is 0 Å². The van der Waals surface area contributed by atoms with Gasteiger partial charge in [-0.15, -0.1) is 0 Å². The lowest BCUT2D eigenvalue weighted by Crippen LogP contribution is -2.00. The van der Waals surface area contributed by atoms with E-state index in [4.69, 9.17) is 4.74 Å². The monoisotopic (exact) mass is 372 g/mol. The quantitative estimate of drug-likeness (QED) is 0.294. The van der Waals surface area contributed by atoms with Crippen LogP contribution in [-0.4, -0.2) is 21.5 Å². The molecule has 2 aromatic carbocycles. The van der Waals surface area contributed by atoms with Crippen LogP contribution in [0.2, 0.25) is 0 Å². The van der Waals surface area contributed by atoms with Gasteiger partial charge in [-0.05, 0) is 23.8 Å². The average Bonchev–Trinajstić information content (AvgIpc) is 2.95. The maximum atomic E-state index is 12.4. The van der Waals surface area contributed by atoms with E-state index in [-0.39, 0.29) is 28.7 Å². The number of pyridine rings is 1. The van der Waals surface area contributed by atoms with E-state index in [0.717, 1.165) is 6.20 Å². The van der Waals surface area contributed by atoms with Crippen LogP contribution in [0, 0.1) is 10.1 Å². The van der Waals surface area contributed by atoms with E-state index < -0.39 is 4.92 Å². The maximum absolute atomic E-state index is 12.4. The van der Waals surface area contributed by atoms with Crippen LogP contribution in [0.15, 0.2) is 72.4 Å². The summed E-state index contributed by atoms with van der Waals surface area (Å²) in [6.07, 6.45) is 2.67. The number of rotatable bonds is 4. The number of benzene rings is 2. The molecule has 0 saturated heterocycles. The number of hydrogen-bond acceptors (Lipinski definition) is 6. The predicted molar refractivity (Wildman–Crippen MR) is 100 cm³/mol. The van der Waals surface area contributed by atoms with Gasteiger partial charge in [-0.25, -0.2) is 4.98 Å². The van der Waals surface area contributed by atoms with E-state index >= 15 is 0 Å². The summed E-state index contributed by atoms with van der Waals surface area (Å²) in [5.41, 5.74) is 1.52. The van der Waals surface area contributed by atoms with Gasteiger partial charge in [-0.1, -0.05) is 36.4 Å². The molecule has 4 rings (SSSR count). The van der Waals surface area contributed by atoms with Crippen molar-refractivity contribution in [1.82, 2.24) is 4.98 Å². The van der Waals surface area contributed by atoms with Gasteiger partial charge in [0.25, 0.3) is 5.69 Å². The molecule has 1 aliphatic carbocycles. The highest BCUT2D eigenvalue weighted by Gasteiger charge is 2.32. The Morgan fingerprint density at radius 2 is 1.54 bits per heavy atom. The Kier molecular flexibility index (Phi) is 4.25. The van der Waals surface area contributed by atoms with E-state index in [9.17, 15) is 19.7 Å². The lowest BCUT2D eigenvalue weighted by atomic mass is 10.1. The van der Waals surface area contributed by atoms with Gasteiger partial charge in [-0.2, -0.15) is 0 Å². The number of hydrogen-bond donors (Lipinski definition) is 0. The molecule has 0 atom stereocenters. The molecule has 7 nitrogen and oxygen atoms in total. The number of allylic oxidation sites excluding steroid dienone is 1. The van der Waals surface area contributed by atoms with E-state index in [1.165, 1.54) is 12.1 Å². The fourth-order valence-corrected chi connectivity index (χ4v) is 2.86. The Hall–Kier alpha value is -4.13. The second-order valence-corrected chi connectivity index (χ2v) is 6.04. The normalized spacial score (nSPS) is 12.6. The predicted octanol–water partition coefficient (Wildman–Crippen LogP) is 4.24. The summed E-state index contributed by atoms with van der Waals surface area (Å²) in [6.45, 7) is 0. The molecular formula is C21H12N2O5. The van der Waals surface area contributed by atoms with Crippen LogP contribution >= 0.6 is 0 Å². The lowest BCUT2D eigenvalue weighted by molar-refractivity contribution is -0.385. The van der Waals surface area contributed by atoms with Crippen molar-refractivity contribution < 1.29 is 19.2 Å². The van der Waals surface area contributed by atoms with E-state index in [0.29, 0.717) is 22.4 Å². The molecule has 0 fully saturated rings. The third-order valence-corrected chi connectivity index (χ3v) is 4.25. The van der Waals surface area contributed by atoms with Crippen LogP contribution < -0.4 is 4.74 Å². The van der Waals surface area contributed by atoms with Gasteiger partial charge < -0.3 is 4.74 Å². The Labute approximate surface area is 159 Å². The molecule has 28 heavy (non-hydrogen) atoms. The summed E-state index contributed by atoms with van der Waals surface area (Å²) < 4.78 is 5.54. The zero-order valence-electron chi connectivity index (χ0n) is 14.4. The molecular weight excluding hydrogens is 360 g/mol. The molecule has 1 heterocycles. The highest BCUT2D eigenvalue weighted by molar-refractivity contribution is 6.41. The van der Waals surface area contributed by atoms with Gasteiger partial charge in [0.1, 0.15) is 11.9 Å². The Morgan fingerprint density at radius 3 is 2.07 bits per heavy atom. The first-order valence-electron chi connectivity index (χ1n) is 8.31. The molecule has 0 N–H and O–H groups in total. The molecule has 0 amide bonds. The minimum absolute atomic E-state index is 0.124. The van der Waals surface area contributed by atoms with E-state index in [2.05, 4.69) is 4.98 Å². The molecule has 0 radical (unpaired) electrons. The Bertz CT molecular complexity index is 1100. The van der Waals surface area contributed by atoms with Gasteiger partial charge in [0.15, 0.2) is 11.6 Å². The first kappa shape index (κ1) is 17.3. The average molecular weight is 372 g/mol. The van der Waals surface area contributed by atoms with Crippen LogP contribution in [0.4, 0.5) is 5.69 Å². The second kappa shape index (κ2) is 6.88. The largest absolute Gasteiger partial charge is 0.439 e. The minimum atomic E-state index is -0.539. The molecule has 7 heteroatoms. The summed E-state index contributed by atoms with van der Waals surface area (Å²) in [5.74, 6) is 0.121. The van der Waals surface area contributed by atoms with Crippen molar-refractivity contribution in [1.29, 1.82) is 0 Å². The summed E-state index contributed by atoms with van der Waals surface area (Å²) in [7, 11) is 0. The lowest BCUT2D eigenvalue weighted by Gasteiger charge is -2.04. The molecule has 0 saturated carbocycles. The number of Topliss-reactive ketones (excluding diaryl/α,β-unsaturated/α-hetero) is 2. The van der Waals surface area contributed by atoms with Gasteiger partial charge in [0.05, 0.1) is 10.5 Å². The summed E-state index contributed by atoms with van der Waals surface area (Å²) in [6, 6.07) is 16.2. The maximum Gasteiger partial charge on any atom is 0.287 e. The topological polar surface area (TPSA) is 99.4 Å². The molecule has 0 unspecified atom stereocenters. The summed E-state index contributed by atoms with van der Waals surface area (Å²) in [5, 5.41) is 10.6. The molecule has 3 aromatic rings. The van der Waals surface area contributed by atoms with Crippen molar-refractivity contribution in [2.24, 2.45) is 0 Å². The number of ketones is 2. The number of fused-ring (bicyclic) bond motifs is 1. The third-order valence-electron chi connectivity index (χ3n) is 4.25. The number of carbonyl (C=O) groups excluding carboxylic acids is 2. The third kappa shape index (κ3) is 3.16. The molecule has 0 aliphatic heterocycles. The van der Waals surface area contributed by atoms with Crippen molar-refractivity contribution in [2.45, 2.75) is 0 Å². The molecule has 136 valence electrons. The van der Waals surface area contributed by atoms with Gasteiger partial charge in [-0.3, -0.25) is 19.7 Å². The van der Waals surface area contributed by atoms with Crippen LogP contribution in [-0.2, 0) is 0 Å². The zero-order chi connectivity index (χ0) is 19.7. The minimum Gasteiger partial charge on any atom is -0.439 e. The van der Waals surface area contributed by atoms with Crippen molar-refractivity contribution in [3.05, 3.63) is 99.2 Å². The fourth-order valence-electron chi connectivity index (χ4n) is 2.86. The molecule has 0 bridgehead atoms.